The number of carbonyl (C=O) groups excluding carboxylic acids is 2. The number of amides is 1. The van der Waals surface area contributed by atoms with Crippen LogP contribution in [-0.4, -0.2) is 42.6 Å². The number of carbonyl (C=O) groups is 2. The fraction of sp³-hybridized carbons (Fsp3) is 0.467. The number of ether oxygens (including phenoxy) is 2. The molecule has 1 amide bonds. The summed E-state index contributed by atoms with van der Waals surface area (Å²) in [5.74, 6) is -0.511. The Morgan fingerprint density at radius 3 is 2.41 bits per heavy atom. The third kappa shape index (κ3) is 4.78. The highest BCUT2D eigenvalue weighted by atomic mass is 35.5. The monoisotopic (exact) mass is 347 g/mol. The van der Waals surface area contributed by atoms with E-state index in [0.29, 0.717) is 10.8 Å². The Hall–Kier alpha value is -1.46. The first-order chi connectivity index (χ1) is 10.3. The molecule has 0 saturated heterocycles. The molecule has 5 nitrogen and oxygen atoms in total. The van der Waals surface area contributed by atoms with E-state index < -0.39 is 12.1 Å². The Kier molecular flexibility index (Phi) is 6.97. The van der Waals surface area contributed by atoms with Gasteiger partial charge in [-0.05, 0) is 32.9 Å². The van der Waals surface area contributed by atoms with Crippen molar-refractivity contribution in [1.82, 2.24) is 4.90 Å². The molecule has 0 N–H and O–H groups in total. The number of nitrogens with zero attached hydrogens (tertiary/aromatic N) is 1. The molecule has 7 heteroatoms. The first kappa shape index (κ1) is 18.6. The van der Waals surface area contributed by atoms with Crippen LogP contribution in [0, 0.1) is 0 Å². The molecule has 22 heavy (non-hydrogen) atoms. The van der Waals surface area contributed by atoms with E-state index in [-0.39, 0.29) is 23.5 Å². The lowest BCUT2D eigenvalue weighted by atomic mass is 10.2. The average Bonchev–Trinajstić information content (AvgIpc) is 2.48. The van der Waals surface area contributed by atoms with E-state index in [1.165, 1.54) is 12.0 Å². The van der Waals surface area contributed by atoms with Crippen molar-refractivity contribution < 1.29 is 19.1 Å². The van der Waals surface area contributed by atoms with Crippen molar-refractivity contribution in [2.75, 3.05) is 13.7 Å². The first-order valence-electron chi connectivity index (χ1n) is 6.75. The van der Waals surface area contributed by atoms with Gasteiger partial charge in [0.15, 0.2) is 6.10 Å². The minimum atomic E-state index is -0.817. The summed E-state index contributed by atoms with van der Waals surface area (Å²) < 4.78 is 10.2. The summed E-state index contributed by atoms with van der Waals surface area (Å²) in [6.07, 6.45) is -0.817. The second-order valence-corrected chi connectivity index (χ2v) is 5.73. The molecule has 0 spiro atoms. The summed E-state index contributed by atoms with van der Waals surface area (Å²) in [7, 11) is 1.27. The van der Waals surface area contributed by atoms with Gasteiger partial charge in [0.1, 0.15) is 17.3 Å². The minimum Gasteiger partial charge on any atom is -0.479 e. The summed E-state index contributed by atoms with van der Waals surface area (Å²) in [6, 6.07) is 4.75. The maximum Gasteiger partial charge on any atom is 0.325 e. The molecule has 1 unspecified atom stereocenters. The standard InChI is InChI=1S/C15H19Cl2NO4/c1-9(2)18(8-13(19)21-4)15(20)10(3)22-12-7-5-6-11(16)14(12)17/h5-7,9-10H,8H2,1-4H3. The number of benzene rings is 1. The van der Waals surface area contributed by atoms with Crippen LogP contribution >= 0.6 is 23.2 Å². The largest absolute Gasteiger partial charge is 0.479 e. The normalized spacial score (nSPS) is 12.0. The lowest BCUT2D eigenvalue weighted by Crippen LogP contribution is -2.47. The predicted octanol–water partition coefficient (Wildman–Crippen LogP) is 3.17. The lowest BCUT2D eigenvalue weighted by molar-refractivity contribution is -0.150. The van der Waals surface area contributed by atoms with E-state index in [0.717, 1.165) is 0 Å². The number of hydrogen-bond donors (Lipinski definition) is 0. The van der Waals surface area contributed by atoms with E-state index in [1.807, 2.05) is 0 Å². The Morgan fingerprint density at radius 1 is 1.23 bits per heavy atom. The molecule has 0 aliphatic carbocycles. The van der Waals surface area contributed by atoms with Crippen LogP contribution < -0.4 is 4.74 Å². The van der Waals surface area contributed by atoms with E-state index in [9.17, 15) is 9.59 Å². The zero-order valence-corrected chi connectivity index (χ0v) is 14.4. The van der Waals surface area contributed by atoms with Crippen molar-refractivity contribution in [2.45, 2.75) is 32.9 Å². The average molecular weight is 348 g/mol. The minimum absolute atomic E-state index is 0.135. The number of rotatable bonds is 6. The quantitative estimate of drug-likeness (QED) is 0.741. The van der Waals surface area contributed by atoms with Crippen LogP contribution in [0.3, 0.4) is 0 Å². The molecule has 0 aliphatic heterocycles. The molecule has 1 rings (SSSR count). The third-order valence-electron chi connectivity index (χ3n) is 3.00. The molecule has 1 aromatic carbocycles. The zero-order valence-electron chi connectivity index (χ0n) is 12.9. The molecule has 0 radical (unpaired) electrons. The van der Waals surface area contributed by atoms with Gasteiger partial charge in [0.05, 0.1) is 12.1 Å². The lowest BCUT2D eigenvalue weighted by Gasteiger charge is -2.28. The van der Waals surface area contributed by atoms with E-state index >= 15 is 0 Å². The highest BCUT2D eigenvalue weighted by Crippen LogP contribution is 2.32. The molecule has 1 aromatic rings. The predicted molar refractivity (Wildman–Crippen MR) is 85.4 cm³/mol. The summed E-state index contributed by atoms with van der Waals surface area (Å²) in [5.41, 5.74) is 0. The molecule has 122 valence electrons. The van der Waals surface area contributed by atoms with Gasteiger partial charge in [-0.15, -0.1) is 0 Å². The number of esters is 1. The summed E-state index contributed by atoms with van der Waals surface area (Å²) >= 11 is 11.9. The highest BCUT2D eigenvalue weighted by Gasteiger charge is 2.27. The second-order valence-electron chi connectivity index (χ2n) is 4.95. The zero-order chi connectivity index (χ0) is 16.9. The van der Waals surface area contributed by atoms with E-state index in [1.54, 1.807) is 39.0 Å². The van der Waals surface area contributed by atoms with Gasteiger partial charge < -0.3 is 14.4 Å². The van der Waals surface area contributed by atoms with Crippen molar-refractivity contribution in [3.8, 4) is 5.75 Å². The number of methoxy groups -OCH3 is 1. The Balaban J connectivity index is 2.85. The van der Waals surface area contributed by atoms with Gasteiger partial charge in [-0.2, -0.15) is 0 Å². The molecule has 0 heterocycles. The Morgan fingerprint density at radius 2 is 1.86 bits per heavy atom. The van der Waals surface area contributed by atoms with E-state index in [4.69, 9.17) is 27.9 Å². The number of hydrogen-bond acceptors (Lipinski definition) is 4. The Bertz CT molecular complexity index is 548. The first-order valence-corrected chi connectivity index (χ1v) is 7.51. The fourth-order valence-corrected chi connectivity index (χ4v) is 2.10. The molecular weight excluding hydrogens is 329 g/mol. The van der Waals surface area contributed by atoms with Gasteiger partial charge in [-0.1, -0.05) is 29.3 Å². The van der Waals surface area contributed by atoms with Gasteiger partial charge in [-0.3, -0.25) is 9.59 Å². The molecule has 1 atom stereocenters. The maximum absolute atomic E-state index is 12.5. The SMILES string of the molecule is COC(=O)CN(C(=O)C(C)Oc1cccc(Cl)c1Cl)C(C)C. The highest BCUT2D eigenvalue weighted by molar-refractivity contribution is 6.42. The summed E-state index contributed by atoms with van der Waals surface area (Å²) in [4.78, 5) is 25.3. The molecule has 0 saturated carbocycles. The van der Waals surface area contributed by atoms with Crippen LogP contribution in [0.1, 0.15) is 20.8 Å². The fourth-order valence-electron chi connectivity index (χ4n) is 1.77. The van der Waals surface area contributed by atoms with Crippen molar-refractivity contribution in [2.24, 2.45) is 0 Å². The van der Waals surface area contributed by atoms with Gasteiger partial charge in [0.2, 0.25) is 0 Å². The van der Waals surface area contributed by atoms with Crippen molar-refractivity contribution in [3.05, 3.63) is 28.2 Å². The molecule has 0 aromatic heterocycles. The third-order valence-corrected chi connectivity index (χ3v) is 3.80. The van der Waals surface area contributed by atoms with Crippen molar-refractivity contribution in [3.63, 3.8) is 0 Å². The number of halogens is 2. The van der Waals surface area contributed by atoms with Gasteiger partial charge in [-0.25, -0.2) is 0 Å². The van der Waals surface area contributed by atoms with Crippen LogP contribution in [0.2, 0.25) is 10.0 Å². The van der Waals surface area contributed by atoms with Gasteiger partial charge in [0, 0.05) is 6.04 Å². The van der Waals surface area contributed by atoms with Crippen molar-refractivity contribution in [1.29, 1.82) is 0 Å². The summed E-state index contributed by atoms with van der Waals surface area (Å²) in [6.45, 7) is 5.07. The summed E-state index contributed by atoms with van der Waals surface area (Å²) in [5, 5.41) is 0.585. The van der Waals surface area contributed by atoms with E-state index in [2.05, 4.69) is 4.74 Å². The van der Waals surface area contributed by atoms with Crippen LogP contribution in [0.4, 0.5) is 0 Å². The van der Waals surface area contributed by atoms with Crippen LogP contribution in [0.15, 0.2) is 18.2 Å². The van der Waals surface area contributed by atoms with Crippen LogP contribution in [-0.2, 0) is 14.3 Å². The molecule has 0 aliphatic rings. The maximum atomic E-state index is 12.5. The van der Waals surface area contributed by atoms with Gasteiger partial charge >= 0.3 is 5.97 Å². The molecular formula is C15H19Cl2NO4. The molecule has 0 fully saturated rings. The van der Waals surface area contributed by atoms with Crippen LogP contribution in [0.25, 0.3) is 0 Å². The topological polar surface area (TPSA) is 55.8 Å². The molecule has 0 bridgehead atoms. The smallest absolute Gasteiger partial charge is 0.325 e. The second kappa shape index (κ2) is 8.25. The van der Waals surface area contributed by atoms with Crippen LogP contribution in [0.5, 0.6) is 5.75 Å². The van der Waals surface area contributed by atoms with Gasteiger partial charge in [0.25, 0.3) is 5.91 Å². The van der Waals surface area contributed by atoms with Crippen molar-refractivity contribution >= 4 is 35.1 Å². The Labute approximate surface area is 140 Å².